The smallest absolute Gasteiger partial charge is 0.115 e. The maximum Gasteiger partial charge on any atom is 0.115 e. The molecule has 17 heavy (non-hydrogen) atoms. The lowest BCUT2D eigenvalue weighted by Gasteiger charge is -2.30. The largest absolute Gasteiger partial charge is 0.508 e. The molecule has 4 heteroatoms. The van der Waals surface area contributed by atoms with Gasteiger partial charge in [0.15, 0.2) is 0 Å². The molecule has 0 radical (unpaired) electrons. The fourth-order valence-electron chi connectivity index (χ4n) is 2.11. The van der Waals surface area contributed by atoms with Crippen LogP contribution in [0.1, 0.15) is 11.5 Å². The van der Waals surface area contributed by atoms with Gasteiger partial charge >= 0.3 is 0 Å². The molecule has 0 aliphatic carbocycles. The lowest BCUT2D eigenvalue weighted by Crippen LogP contribution is -2.39. The fraction of sp³-hybridized carbons (Fsp3) is 0.538. The van der Waals surface area contributed by atoms with Crippen molar-refractivity contribution in [1.29, 1.82) is 0 Å². The lowest BCUT2D eigenvalue weighted by atomic mass is 9.99. The average Bonchev–Trinajstić information content (AvgIpc) is 2.38. The molecule has 2 N–H and O–H groups in total. The Balaban J connectivity index is 1.97. The van der Waals surface area contributed by atoms with E-state index in [2.05, 4.69) is 4.90 Å². The highest BCUT2D eigenvalue weighted by atomic mass is 16.5. The van der Waals surface area contributed by atoms with Gasteiger partial charge < -0.3 is 14.9 Å². The van der Waals surface area contributed by atoms with Crippen LogP contribution in [-0.4, -0.2) is 54.6 Å². The van der Waals surface area contributed by atoms with E-state index in [4.69, 9.17) is 4.74 Å². The summed E-state index contributed by atoms with van der Waals surface area (Å²) in [6, 6.07) is 7.07. The number of hydrogen-bond acceptors (Lipinski definition) is 4. The standard InChI is InChI=1S/C13H19NO3/c15-10-12(9-14-5-7-17-8-6-14)11-1-3-13(16)4-2-11/h1-4,12,15-16H,5-10H2. The van der Waals surface area contributed by atoms with Crippen molar-refractivity contribution < 1.29 is 14.9 Å². The average molecular weight is 237 g/mol. The van der Waals surface area contributed by atoms with Crippen LogP contribution in [0.3, 0.4) is 0 Å². The van der Waals surface area contributed by atoms with Crippen molar-refractivity contribution >= 4 is 0 Å². The van der Waals surface area contributed by atoms with Crippen molar-refractivity contribution in [3.05, 3.63) is 29.8 Å². The molecule has 1 aromatic carbocycles. The first-order valence-electron chi connectivity index (χ1n) is 5.99. The number of phenols is 1. The number of morpholine rings is 1. The van der Waals surface area contributed by atoms with Crippen LogP contribution in [0.4, 0.5) is 0 Å². The van der Waals surface area contributed by atoms with Gasteiger partial charge in [-0.15, -0.1) is 0 Å². The molecule has 0 saturated carbocycles. The molecule has 0 aromatic heterocycles. The van der Waals surface area contributed by atoms with Crippen molar-refractivity contribution in [3.63, 3.8) is 0 Å². The van der Waals surface area contributed by atoms with Crippen LogP contribution < -0.4 is 0 Å². The Bertz CT molecular complexity index is 333. The van der Waals surface area contributed by atoms with Crippen molar-refractivity contribution in [2.24, 2.45) is 0 Å². The second kappa shape index (κ2) is 6.00. The minimum Gasteiger partial charge on any atom is -0.508 e. The van der Waals surface area contributed by atoms with Crippen LogP contribution in [0.2, 0.25) is 0 Å². The van der Waals surface area contributed by atoms with E-state index >= 15 is 0 Å². The van der Waals surface area contributed by atoms with E-state index in [1.165, 1.54) is 0 Å². The zero-order valence-corrected chi connectivity index (χ0v) is 9.88. The zero-order chi connectivity index (χ0) is 12.1. The topological polar surface area (TPSA) is 52.9 Å². The molecule has 0 amide bonds. The summed E-state index contributed by atoms with van der Waals surface area (Å²) >= 11 is 0. The van der Waals surface area contributed by atoms with Gasteiger partial charge in [0.2, 0.25) is 0 Å². The van der Waals surface area contributed by atoms with Crippen LogP contribution in [-0.2, 0) is 4.74 Å². The number of ether oxygens (including phenoxy) is 1. The molecule has 1 aliphatic rings. The minimum absolute atomic E-state index is 0.105. The molecule has 1 unspecified atom stereocenters. The molecule has 1 fully saturated rings. The first kappa shape index (κ1) is 12.4. The molecule has 1 aliphatic heterocycles. The van der Waals surface area contributed by atoms with E-state index in [0.717, 1.165) is 38.4 Å². The Labute approximate surface area is 101 Å². The van der Waals surface area contributed by atoms with Gasteiger partial charge in [-0.3, -0.25) is 4.90 Å². The molecular formula is C13H19NO3. The van der Waals surface area contributed by atoms with Crippen LogP contribution in [0.5, 0.6) is 5.75 Å². The van der Waals surface area contributed by atoms with Crippen molar-refractivity contribution in [3.8, 4) is 5.75 Å². The number of aliphatic hydroxyl groups is 1. The van der Waals surface area contributed by atoms with Gasteiger partial charge in [0.05, 0.1) is 19.8 Å². The van der Waals surface area contributed by atoms with Gasteiger partial charge in [-0.2, -0.15) is 0 Å². The van der Waals surface area contributed by atoms with Crippen molar-refractivity contribution in [1.82, 2.24) is 4.90 Å². The molecule has 1 aromatic rings. The van der Waals surface area contributed by atoms with Crippen LogP contribution in [0, 0.1) is 0 Å². The van der Waals surface area contributed by atoms with Gasteiger partial charge in [0, 0.05) is 25.6 Å². The highest BCUT2D eigenvalue weighted by molar-refractivity contribution is 5.28. The number of nitrogens with zero attached hydrogens (tertiary/aromatic N) is 1. The number of aromatic hydroxyl groups is 1. The Hall–Kier alpha value is -1.10. The van der Waals surface area contributed by atoms with E-state index in [1.807, 2.05) is 12.1 Å². The Morgan fingerprint density at radius 3 is 2.41 bits per heavy atom. The summed E-state index contributed by atoms with van der Waals surface area (Å²) in [4.78, 5) is 2.30. The Morgan fingerprint density at radius 1 is 1.18 bits per heavy atom. The van der Waals surface area contributed by atoms with E-state index in [0.29, 0.717) is 0 Å². The molecule has 0 bridgehead atoms. The summed E-state index contributed by atoms with van der Waals surface area (Å²) in [5.74, 6) is 0.366. The Morgan fingerprint density at radius 2 is 1.82 bits per heavy atom. The number of rotatable bonds is 4. The first-order chi connectivity index (χ1) is 8.29. The predicted molar refractivity (Wildman–Crippen MR) is 65.2 cm³/mol. The SMILES string of the molecule is OCC(CN1CCOCC1)c1ccc(O)cc1. The molecule has 1 saturated heterocycles. The highest BCUT2D eigenvalue weighted by Gasteiger charge is 2.17. The summed E-state index contributed by atoms with van der Waals surface area (Å²) < 4.78 is 5.30. The lowest BCUT2D eigenvalue weighted by molar-refractivity contribution is 0.0319. The summed E-state index contributed by atoms with van der Waals surface area (Å²) in [7, 11) is 0. The number of hydrogen-bond donors (Lipinski definition) is 2. The van der Waals surface area contributed by atoms with Gasteiger partial charge in [-0.05, 0) is 17.7 Å². The summed E-state index contributed by atoms with van der Waals surface area (Å²) in [5, 5.41) is 18.7. The maximum atomic E-state index is 9.46. The highest BCUT2D eigenvalue weighted by Crippen LogP contribution is 2.20. The molecular weight excluding hydrogens is 218 g/mol. The van der Waals surface area contributed by atoms with E-state index < -0.39 is 0 Å². The van der Waals surface area contributed by atoms with Crippen LogP contribution >= 0.6 is 0 Å². The summed E-state index contributed by atoms with van der Waals surface area (Å²) in [6.45, 7) is 4.36. The van der Waals surface area contributed by atoms with Gasteiger partial charge in [0.1, 0.15) is 5.75 Å². The first-order valence-corrected chi connectivity index (χ1v) is 5.99. The summed E-state index contributed by atoms with van der Waals surface area (Å²) in [5.41, 5.74) is 1.07. The summed E-state index contributed by atoms with van der Waals surface area (Å²) in [6.07, 6.45) is 0. The van der Waals surface area contributed by atoms with E-state index in [-0.39, 0.29) is 18.3 Å². The predicted octanol–water partition coefficient (Wildman–Crippen LogP) is 0.800. The maximum absolute atomic E-state index is 9.46. The van der Waals surface area contributed by atoms with Crippen molar-refractivity contribution in [2.45, 2.75) is 5.92 Å². The third kappa shape index (κ3) is 3.43. The Kier molecular flexibility index (Phi) is 4.36. The second-order valence-corrected chi connectivity index (χ2v) is 4.38. The molecule has 2 rings (SSSR count). The second-order valence-electron chi connectivity index (χ2n) is 4.38. The monoisotopic (exact) mass is 237 g/mol. The minimum atomic E-state index is 0.105. The van der Waals surface area contributed by atoms with Crippen LogP contribution in [0.25, 0.3) is 0 Å². The number of aliphatic hydroxyl groups excluding tert-OH is 1. The molecule has 1 atom stereocenters. The normalized spacial score (nSPS) is 19.1. The fourth-order valence-corrected chi connectivity index (χ4v) is 2.11. The molecule has 94 valence electrons. The third-order valence-electron chi connectivity index (χ3n) is 3.17. The van der Waals surface area contributed by atoms with Crippen molar-refractivity contribution in [2.75, 3.05) is 39.5 Å². The molecule has 1 heterocycles. The van der Waals surface area contributed by atoms with Gasteiger partial charge in [-0.1, -0.05) is 12.1 Å². The quantitative estimate of drug-likeness (QED) is 0.813. The third-order valence-corrected chi connectivity index (χ3v) is 3.17. The number of benzene rings is 1. The van der Waals surface area contributed by atoms with Gasteiger partial charge in [-0.25, -0.2) is 0 Å². The van der Waals surface area contributed by atoms with Gasteiger partial charge in [0.25, 0.3) is 0 Å². The van der Waals surface area contributed by atoms with Crippen LogP contribution in [0.15, 0.2) is 24.3 Å². The van der Waals surface area contributed by atoms with E-state index in [1.54, 1.807) is 12.1 Å². The number of phenolic OH excluding ortho intramolecular Hbond substituents is 1. The van der Waals surface area contributed by atoms with E-state index in [9.17, 15) is 10.2 Å². The molecule has 4 nitrogen and oxygen atoms in total. The molecule has 0 spiro atoms. The zero-order valence-electron chi connectivity index (χ0n) is 9.88.